The predicted molar refractivity (Wildman–Crippen MR) is 80.8 cm³/mol. The second-order valence-corrected chi connectivity index (χ2v) is 5.06. The van der Waals surface area contributed by atoms with Crippen LogP contribution in [0.4, 0.5) is 5.69 Å². The first-order valence-corrected chi connectivity index (χ1v) is 6.85. The minimum Gasteiger partial charge on any atom is -0.381 e. The monoisotopic (exact) mass is 282 g/mol. The Hall–Kier alpha value is -2.63. The summed E-state index contributed by atoms with van der Waals surface area (Å²) in [5.74, 6) is 0. The van der Waals surface area contributed by atoms with Crippen molar-refractivity contribution in [3.05, 3.63) is 59.9 Å². The van der Waals surface area contributed by atoms with Crippen LogP contribution in [0.15, 0.2) is 43.1 Å². The minimum absolute atomic E-state index is 0.724. The Morgan fingerprint density at radius 3 is 2.90 bits per heavy atom. The number of nitrogens with one attached hydrogen (secondary N) is 1. The van der Waals surface area contributed by atoms with Crippen molar-refractivity contribution >= 4 is 5.69 Å². The van der Waals surface area contributed by atoms with Gasteiger partial charge in [-0.15, -0.1) is 0 Å². The van der Waals surface area contributed by atoms with Gasteiger partial charge < -0.3 is 5.32 Å². The molecule has 2 aromatic heterocycles. The van der Waals surface area contributed by atoms with Crippen molar-refractivity contribution in [1.29, 1.82) is 0 Å². The summed E-state index contributed by atoms with van der Waals surface area (Å²) < 4.78 is 3.65. The van der Waals surface area contributed by atoms with E-state index in [1.807, 2.05) is 35.6 Å². The quantitative estimate of drug-likeness (QED) is 0.777. The average Bonchev–Trinajstić information content (AvgIpc) is 3.07. The van der Waals surface area contributed by atoms with Crippen molar-refractivity contribution in [1.82, 2.24) is 24.5 Å². The van der Waals surface area contributed by atoms with Crippen molar-refractivity contribution in [3.63, 3.8) is 0 Å². The lowest BCUT2D eigenvalue weighted by molar-refractivity contribution is 0.685. The van der Waals surface area contributed by atoms with Gasteiger partial charge in [-0.2, -0.15) is 10.2 Å². The van der Waals surface area contributed by atoms with Crippen molar-refractivity contribution in [2.45, 2.75) is 20.0 Å². The zero-order valence-corrected chi connectivity index (χ0v) is 12.2. The van der Waals surface area contributed by atoms with Crippen LogP contribution in [0.2, 0.25) is 0 Å². The summed E-state index contributed by atoms with van der Waals surface area (Å²) in [6, 6.07) is 8.33. The third kappa shape index (κ3) is 3.28. The topological polar surface area (TPSA) is 60.6 Å². The maximum absolute atomic E-state index is 4.35. The van der Waals surface area contributed by atoms with Crippen LogP contribution >= 0.6 is 0 Å². The zero-order chi connectivity index (χ0) is 14.7. The van der Waals surface area contributed by atoms with Gasteiger partial charge in [0.05, 0.1) is 12.2 Å². The Labute approximate surface area is 123 Å². The lowest BCUT2D eigenvalue weighted by Crippen LogP contribution is -2.03. The van der Waals surface area contributed by atoms with E-state index in [2.05, 4.69) is 38.7 Å². The lowest BCUT2D eigenvalue weighted by atomic mass is 10.2. The van der Waals surface area contributed by atoms with Crippen LogP contribution in [0.1, 0.15) is 16.8 Å². The van der Waals surface area contributed by atoms with E-state index in [9.17, 15) is 0 Å². The van der Waals surface area contributed by atoms with E-state index in [4.69, 9.17) is 0 Å². The maximum atomic E-state index is 4.35. The first kappa shape index (κ1) is 13.4. The fourth-order valence-corrected chi connectivity index (χ4v) is 2.30. The fourth-order valence-electron chi connectivity index (χ4n) is 2.30. The Kier molecular flexibility index (Phi) is 3.68. The van der Waals surface area contributed by atoms with Crippen LogP contribution in [0.25, 0.3) is 0 Å². The number of benzene rings is 1. The van der Waals surface area contributed by atoms with Gasteiger partial charge in [0.2, 0.25) is 0 Å². The number of hydrogen-bond acceptors (Lipinski definition) is 4. The summed E-state index contributed by atoms with van der Waals surface area (Å²) in [6.45, 7) is 3.52. The molecular formula is C15H18N6. The summed E-state index contributed by atoms with van der Waals surface area (Å²) in [5.41, 5.74) is 4.55. The van der Waals surface area contributed by atoms with Gasteiger partial charge in [-0.05, 0) is 24.6 Å². The zero-order valence-electron chi connectivity index (χ0n) is 12.2. The molecule has 6 heteroatoms. The standard InChI is InChI=1S/C15H18N6/c1-12-14(9-20(2)19-12)7-17-15-5-3-4-13(6-15)8-21-11-16-10-18-21/h3-6,9-11,17H,7-8H2,1-2H3. The summed E-state index contributed by atoms with van der Waals surface area (Å²) in [7, 11) is 1.94. The summed E-state index contributed by atoms with van der Waals surface area (Å²) in [4.78, 5) is 3.96. The Morgan fingerprint density at radius 1 is 1.29 bits per heavy atom. The molecule has 0 amide bonds. The van der Waals surface area contributed by atoms with Crippen LogP contribution in [0.3, 0.4) is 0 Å². The van der Waals surface area contributed by atoms with Crippen LogP contribution < -0.4 is 5.32 Å². The first-order valence-electron chi connectivity index (χ1n) is 6.85. The third-order valence-electron chi connectivity index (χ3n) is 3.34. The van der Waals surface area contributed by atoms with E-state index in [0.717, 1.165) is 24.5 Å². The molecule has 0 saturated carbocycles. The van der Waals surface area contributed by atoms with Gasteiger partial charge in [0, 0.05) is 31.0 Å². The summed E-state index contributed by atoms with van der Waals surface area (Å²) in [5, 5.41) is 11.9. The molecular weight excluding hydrogens is 264 g/mol. The fraction of sp³-hybridized carbons (Fsp3) is 0.267. The molecule has 3 aromatic rings. The van der Waals surface area contributed by atoms with Gasteiger partial charge in [0.25, 0.3) is 0 Å². The van der Waals surface area contributed by atoms with Crippen molar-refractivity contribution in [3.8, 4) is 0 Å². The smallest absolute Gasteiger partial charge is 0.137 e. The number of anilines is 1. The molecule has 0 spiro atoms. The van der Waals surface area contributed by atoms with E-state index in [0.29, 0.717) is 0 Å². The first-order chi connectivity index (χ1) is 10.2. The van der Waals surface area contributed by atoms with Gasteiger partial charge >= 0.3 is 0 Å². The molecule has 0 radical (unpaired) electrons. The molecule has 0 aliphatic heterocycles. The average molecular weight is 282 g/mol. The number of nitrogens with zero attached hydrogens (tertiary/aromatic N) is 5. The van der Waals surface area contributed by atoms with E-state index in [1.165, 1.54) is 11.1 Å². The molecule has 2 heterocycles. The van der Waals surface area contributed by atoms with Gasteiger partial charge in [-0.3, -0.25) is 4.68 Å². The highest BCUT2D eigenvalue weighted by Crippen LogP contribution is 2.14. The van der Waals surface area contributed by atoms with Gasteiger partial charge in [-0.1, -0.05) is 12.1 Å². The molecule has 3 rings (SSSR count). The normalized spacial score (nSPS) is 10.8. The molecule has 0 aliphatic rings. The molecule has 1 aromatic carbocycles. The van der Waals surface area contributed by atoms with E-state index in [1.54, 1.807) is 12.7 Å². The van der Waals surface area contributed by atoms with Crippen LogP contribution in [-0.2, 0) is 20.1 Å². The Bertz CT molecular complexity index is 714. The minimum atomic E-state index is 0.724. The SMILES string of the molecule is Cc1nn(C)cc1CNc1cccc(Cn2cncn2)c1. The Morgan fingerprint density at radius 2 is 2.19 bits per heavy atom. The molecule has 108 valence electrons. The highest BCUT2D eigenvalue weighted by Gasteiger charge is 2.03. The molecule has 1 N–H and O–H groups in total. The van der Waals surface area contributed by atoms with E-state index >= 15 is 0 Å². The lowest BCUT2D eigenvalue weighted by Gasteiger charge is -2.08. The number of aromatic nitrogens is 5. The summed E-state index contributed by atoms with van der Waals surface area (Å²) in [6.07, 6.45) is 5.31. The molecule has 0 fully saturated rings. The Balaban J connectivity index is 1.67. The molecule has 6 nitrogen and oxygen atoms in total. The number of aryl methyl sites for hydroxylation is 2. The molecule has 0 unspecified atom stereocenters. The predicted octanol–water partition coefficient (Wildman–Crippen LogP) is 1.98. The molecule has 0 aliphatic carbocycles. The van der Waals surface area contributed by atoms with Crippen molar-refractivity contribution < 1.29 is 0 Å². The summed E-state index contributed by atoms with van der Waals surface area (Å²) >= 11 is 0. The van der Waals surface area contributed by atoms with Crippen molar-refractivity contribution in [2.24, 2.45) is 7.05 Å². The van der Waals surface area contributed by atoms with E-state index < -0.39 is 0 Å². The van der Waals surface area contributed by atoms with Gasteiger partial charge in [0.15, 0.2) is 0 Å². The second-order valence-electron chi connectivity index (χ2n) is 5.06. The third-order valence-corrected chi connectivity index (χ3v) is 3.34. The highest BCUT2D eigenvalue weighted by atomic mass is 15.3. The van der Waals surface area contributed by atoms with Crippen LogP contribution in [0, 0.1) is 6.92 Å². The van der Waals surface area contributed by atoms with Crippen molar-refractivity contribution in [2.75, 3.05) is 5.32 Å². The molecule has 0 saturated heterocycles. The van der Waals surface area contributed by atoms with Gasteiger partial charge in [0.1, 0.15) is 12.7 Å². The second kappa shape index (κ2) is 5.78. The number of rotatable bonds is 5. The highest BCUT2D eigenvalue weighted by molar-refractivity contribution is 5.46. The van der Waals surface area contributed by atoms with Crippen LogP contribution in [0.5, 0.6) is 0 Å². The maximum Gasteiger partial charge on any atom is 0.137 e. The van der Waals surface area contributed by atoms with E-state index in [-0.39, 0.29) is 0 Å². The van der Waals surface area contributed by atoms with Gasteiger partial charge in [-0.25, -0.2) is 9.67 Å². The molecule has 21 heavy (non-hydrogen) atoms. The number of hydrogen-bond donors (Lipinski definition) is 1. The van der Waals surface area contributed by atoms with Crippen LogP contribution in [-0.4, -0.2) is 24.5 Å². The molecule has 0 bridgehead atoms. The largest absolute Gasteiger partial charge is 0.381 e. The molecule has 0 atom stereocenters.